The first-order valence-electron chi connectivity index (χ1n) is 6.39. The Kier molecular flexibility index (Phi) is 4.12. The number of pyridine rings is 1. The fourth-order valence-electron chi connectivity index (χ4n) is 2.24. The lowest BCUT2D eigenvalue weighted by molar-refractivity contribution is 0.0742. The van der Waals surface area contributed by atoms with Crippen LogP contribution in [-0.2, 0) is 0 Å². The van der Waals surface area contributed by atoms with E-state index in [9.17, 15) is 9.18 Å². The molecule has 0 atom stereocenters. The summed E-state index contributed by atoms with van der Waals surface area (Å²) in [4.78, 5) is 17.7. The third-order valence-corrected chi connectivity index (χ3v) is 3.26. The van der Waals surface area contributed by atoms with Crippen molar-refractivity contribution in [2.24, 2.45) is 0 Å². The molecular weight excluding hydrogens is 233 g/mol. The lowest BCUT2D eigenvalue weighted by Gasteiger charge is -2.25. The Bertz CT molecular complexity index is 428. The fourth-order valence-corrected chi connectivity index (χ4v) is 2.24. The molecule has 1 aromatic rings. The molecule has 0 saturated carbocycles. The lowest BCUT2D eigenvalue weighted by Crippen LogP contribution is -2.34. The minimum atomic E-state index is -0.528. The van der Waals surface area contributed by atoms with Crippen LogP contribution in [-0.4, -0.2) is 28.9 Å². The predicted octanol–water partition coefficient (Wildman–Crippen LogP) is 2.21. The molecule has 0 radical (unpaired) electrons. The van der Waals surface area contributed by atoms with E-state index in [-0.39, 0.29) is 17.3 Å². The van der Waals surface area contributed by atoms with Crippen LogP contribution in [0.4, 0.5) is 10.2 Å². The first-order chi connectivity index (χ1) is 8.68. The first kappa shape index (κ1) is 12.8. The van der Waals surface area contributed by atoms with Crippen LogP contribution in [0, 0.1) is 5.82 Å². The molecule has 98 valence electrons. The minimum Gasteiger partial charge on any atom is -0.383 e. The van der Waals surface area contributed by atoms with E-state index in [1.807, 2.05) is 0 Å². The predicted molar refractivity (Wildman–Crippen MR) is 67.6 cm³/mol. The van der Waals surface area contributed by atoms with Crippen LogP contribution < -0.4 is 5.73 Å². The number of nitrogens with two attached hydrogens (primary N) is 1. The molecule has 1 aliphatic rings. The number of hydrogen-bond acceptors (Lipinski definition) is 3. The molecule has 0 bridgehead atoms. The van der Waals surface area contributed by atoms with Gasteiger partial charge in [-0.1, -0.05) is 19.3 Å². The average Bonchev–Trinajstić information content (AvgIpc) is 2.31. The van der Waals surface area contributed by atoms with Crippen LogP contribution in [0.25, 0.3) is 0 Å². The Morgan fingerprint density at radius 1 is 1.22 bits per heavy atom. The van der Waals surface area contributed by atoms with Crippen molar-refractivity contribution in [3.8, 4) is 0 Å². The van der Waals surface area contributed by atoms with E-state index in [1.165, 1.54) is 12.5 Å². The number of likely N-dealkylation sites (tertiary alicyclic amines) is 1. The van der Waals surface area contributed by atoms with Gasteiger partial charge in [0.05, 0.1) is 11.8 Å². The Morgan fingerprint density at radius 3 is 2.50 bits per heavy atom. The van der Waals surface area contributed by atoms with E-state index in [0.29, 0.717) is 0 Å². The van der Waals surface area contributed by atoms with E-state index in [0.717, 1.165) is 45.0 Å². The van der Waals surface area contributed by atoms with Gasteiger partial charge in [0, 0.05) is 13.1 Å². The number of nitrogen functional groups attached to an aromatic ring is 1. The van der Waals surface area contributed by atoms with Crippen LogP contribution in [0.5, 0.6) is 0 Å². The van der Waals surface area contributed by atoms with Crippen LogP contribution in [0.2, 0.25) is 0 Å². The summed E-state index contributed by atoms with van der Waals surface area (Å²) in [6, 6.07) is 1.17. The van der Waals surface area contributed by atoms with Gasteiger partial charge < -0.3 is 10.6 Å². The molecule has 0 aromatic carbocycles. The number of aromatic nitrogens is 1. The van der Waals surface area contributed by atoms with Crippen molar-refractivity contribution in [2.45, 2.75) is 32.1 Å². The van der Waals surface area contributed by atoms with E-state index in [4.69, 9.17) is 5.73 Å². The van der Waals surface area contributed by atoms with Gasteiger partial charge in [-0.2, -0.15) is 0 Å². The van der Waals surface area contributed by atoms with Gasteiger partial charge in [0.15, 0.2) is 0 Å². The highest BCUT2D eigenvalue weighted by molar-refractivity contribution is 5.98. The first-order valence-corrected chi connectivity index (χ1v) is 6.39. The second kappa shape index (κ2) is 5.80. The number of nitrogens with zero attached hydrogens (tertiary/aromatic N) is 2. The molecule has 18 heavy (non-hydrogen) atoms. The van der Waals surface area contributed by atoms with Crippen LogP contribution in [0.3, 0.4) is 0 Å². The number of carbonyl (C=O) groups excluding carboxylic acids is 1. The van der Waals surface area contributed by atoms with Gasteiger partial charge in [-0.05, 0) is 18.9 Å². The number of amides is 1. The number of carbonyl (C=O) groups is 1. The molecule has 1 saturated heterocycles. The maximum absolute atomic E-state index is 13.1. The summed E-state index contributed by atoms with van der Waals surface area (Å²) in [5.41, 5.74) is 5.82. The van der Waals surface area contributed by atoms with Gasteiger partial charge in [0.1, 0.15) is 11.6 Å². The summed E-state index contributed by atoms with van der Waals surface area (Å²) in [6.45, 7) is 1.43. The highest BCUT2D eigenvalue weighted by atomic mass is 19.1. The molecule has 4 nitrogen and oxygen atoms in total. The van der Waals surface area contributed by atoms with E-state index < -0.39 is 5.82 Å². The van der Waals surface area contributed by atoms with Crippen LogP contribution in [0.15, 0.2) is 12.3 Å². The highest BCUT2D eigenvalue weighted by Gasteiger charge is 2.19. The van der Waals surface area contributed by atoms with E-state index in [2.05, 4.69) is 4.98 Å². The zero-order valence-corrected chi connectivity index (χ0v) is 10.4. The van der Waals surface area contributed by atoms with Crippen LogP contribution in [0.1, 0.15) is 42.5 Å². The summed E-state index contributed by atoms with van der Waals surface area (Å²) in [5, 5.41) is 0. The number of halogens is 1. The van der Waals surface area contributed by atoms with Crippen molar-refractivity contribution in [1.82, 2.24) is 9.88 Å². The molecule has 5 heteroatoms. The topological polar surface area (TPSA) is 59.2 Å². The summed E-state index contributed by atoms with van der Waals surface area (Å²) >= 11 is 0. The molecule has 1 aliphatic heterocycles. The van der Waals surface area contributed by atoms with Gasteiger partial charge in [0.2, 0.25) is 0 Å². The van der Waals surface area contributed by atoms with Crippen molar-refractivity contribution in [1.29, 1.82) is 0 Å². The van der Waals surface area contributed by atoms with Gasteiger partial charge in [-0.15, -0.1) is 0 Å². The van der Waals surface area contributed by atoms with Crippen molar-refractivity contribution >= 4 is 11.7 Å². The monoisotopic (exact) mass is 251 g/mol. The Balaban J connectivity index is 2.15. The molecule has 2 rings (SSSR count). The second-order valence-electron chi connectivity index (χ2n) is 4.65. The molecule has 1 amide bonds. The second-order valence-corrected chi connectivity index (χ2v) is 4.65. The summed E-state index contributed by atoms with van der Waals surface area (Å²) < 4.78 is 13.1. The maximum Gasteiger partial charge on any atom is 0.257 e. The van der Waals surface area contributed by atoms with Crippen molar-refractivity contribution in [3.63, 3.8) is 0 Å². The lowest BCUT2D eigenvalue weighted by atomic mass is 10.1. The van der Waals surface area contributed by atoms with Gasteiger partial charge >= 0.3 is 0 Å². The third-order valence-electron chi connectivity index (χ3n) is 3.26. The smallest absolute Gasteiger partial charge is 0.257 e. The Hall–Kier alpha value is -1.65. The largest absolute Gasteiger partial charge is 0.383 e. The van der Waals surface area contributed by atoms with Crippen LogP contribution >= 0.6 is 0 Å². The average molecular weight is 251 g/mol. The molecule has 1 fully saturated rings. The quantitative estimate of drug-likeness (QED) is 0.832. The zero-order chi connectivity index (χ0) is 13.0. The van der Waals surface area contributed by atoms with E-state index >= 15 is 0 Å². The van der Waals surface area contributed by atoms with Gasteiger partial charge in [0.25, 0.3) is 5.91 Å². The number of rotatable bonds is 1. The normalized spacial score (nSPS) is 17.1. The summed E-state index contributed by atoms with van der Waals surface area (Å²) in [5.74, 6) is -0.635. The molecule has 0 aliphatic carbocycles. The zero-order valence-electron chi connectivity index (χ0n) is 10.4. The third kappa shape index (κ3) is 2.97. The maximum atomic E-state index is 13.1. The number of anilines is 1. The van der Waals surface area contributed by atoms with Crippen molar-refractivity contribution in [2.75, 3.05) is 18.8 Å². The summed E-state index contributed by atoms with van der Waals surface area (Å²) in [6.07, 6.45) is 6.52. The summed E-state index contributed by atoms with van der Waals surface area (Å²) in [7, 11) is 0. The van der Waals surface area contributed by atoms with E-state index in [1.54, 1.807) is 4.90 Å². The SMILES string of the molecule is Nc1ncc(F)cc1C(=O)N1CCCCCCC1. The highest BCUT2D eigenvalue weighted by Crippen LogP contribution is 2.16. The molecular formula is C13H18FN3O. The Labute approximate surface area is 106 Å². The molecule has 0 spiro atoms. The molecule has 0 unspecified atom stereocenters. The fraction of sp³-hybridized carbons (Fsp3) is 0.538. The van der Waals surface area contributed by atoms with Crippen molar-refractivity contribution < 1.29 is 9.18 Å². The standard InChI is InChI=1S/C13H18FN3O/c14-10-8-11(12(15)16-9-10)13(18)17-6-4-2-1-3-5-7-17/h8-9H,1-7H2,(H2,15,16). The molecule has 1 aromatic heterocycles. The molecule has 2 heterocycles. The minimum absolute atomic E-state index is 0.100. The van der Waals surface area contributed by atoms with Crippen molar-refractivity contribution in [3.05, 3.63) is 23.6 Å². The number of hydrogen-bond donors (Lipinski definition) is 1. The molecule has 2 N–H and O–H groups in total. The Morgan fingerprint density at radius 2 is 1.83 bits per heavy atom. The van der Waals surface area contributed by atoms with Gasteiger partial charge in [-0.3, -0.25) is 4.79 Å². The van der Waals surface area contributed by atoms with Gasteiger partial charge in [-0.25, -0.2) is 9.37 Å².